The summed E-state index contributed by atoms with van der Waals surface area (Å²) in [6.45, 7) is 7.19. The topological polar surface area (TPSA) is 74.5 Å². The summed E-state index contributed by atoms with van der Waals surface area (Å²) in [5.74, 6) is 0.461. The van der Waals surface area contributed by atoms with Crippen molar-refractivity contribution in [2.75, 3.05) is 33.6 Å². The third kappa shape index (κ3) is 5.81. The van der Waals surface area contributed by atoms with Crippen molar-refractivity contribution >= 4 is 5.96 Å². The van der Waals surface area contributed by atoms with E-state index in [2.05, 4.69) is 28.7 Å². The Bertz CT molecular complexity index is 468. The Morgan fingerprint density at radius 3 is 2.65 bits per heavy atom. The summed E-state index contributed by atoms with van der Waals surface area (Å²) in [5.41, 5.74) is 0. The van der Waals surface area contributed by atoms with Crippen molar-refractivity contribution in [3.05, 3.63) is 10.1 Å². The molecule has 0 aliphatic carbocycles. The minimum Gasteiger partial charge on any atom is -0.379 e. The van der Waals surface area contributed by atoms with Gasteiger partial charge in [-0.25, -0.2) is 10.1 Å². The van der Waals surface area contributed by atoms with E-state index in [4.69, 9.17) is 4.74 Å². The van der Waals surface area contributed by atoms with Gasteiger partial charge in [0.05, 0.1) is 26.0 Å². The first-order chi connectivity index (χ1) is 12.6. The normalized spacial score (nSPS) is 24.4. The van der Waals surface area contributed by atoms with E-state index in [1.807, 2.05) is 11.9 Å². The second kappa shape index (κ2) is 10.7. The molecule has 2 saturated heterocycles. The average Bonchev–Trinajstić information content (AvgIpc) is 3.13. The molecule has 0 aromatic rings. The fourth-order valence-electron chi connectivity index (χ4n) is 3.99. The Morgan fingerprint density at radius 2 is 2.04 bits per heavy atom. The zero-order chi connectivity index (χ0) is 18.9. The zero-order valence-corrected chi connectivity index (χ0v) is 16.6. The zero-order valence-electron chi connectivity index (χ0n) is 16.6. The Morgan fingerprint density at radius 1 is 1.23 bits per heavy atom. The van der Waals surface area contributed by atoms with E-state index in [1.54, 1.807) is 0 Å². The molecule has 8 nitrogen and oxygen atoms in total. The maximum Gasteiger partial charge on any atom is 0.276 e. The summed E-state index contributed by atoms with van der Waals surface area (Å²) in [6, 6.07) is 0.683. The quantitative estimate of drug-likeness (QED) is 0.335. The van der Waals surface area contributed by atoms with Gasteiger partial charge >= 0.3 is 0 Å². The highest BCUT2D eigenvalue weighted by molar-refractivity contribution is 5.80. The molecule has 0 N–H and O–H groups in total. The van der Waals surface area contributed by atoms with Crippen LogP contribution in [0.25, 0.3) is 0 Å². The lowest BCUT2D eigenvalue weighted by Gasteiger charge is -2.47. The van der Waals surface area contributed by atoms with E-state index < -0.39 is 5.03 Å². The van der Waals surface area contributed by atoms with Gasteiger partial charge in [0, 0.05) is 19.7 Å². The number of unbranched alkanes of at least 4 members (excludes halogenated alkanes) is 3. The highest BCUT2D eigenvalue weighted by Crippen LogP contribution is 2.24. The molecule has 2 rings (SSSR count). The van der Waals surface area contributed by atoms with E-state index in [1.165, 1.54) is 32.1 Å². The molecule has 2 heterocycles. The molecule has 0 bridgehead atoms. The van der Waals surface area contributed by atoms with E-state index >= 15 is 0 Å². The highest BCUT2D eigenvalue weighted by Gasteiger charge is 2.37. The van der Waals surface area contributed by atoms with Gasteiger partial charge in [0.1, 0.15) is 5.10 Å². The van der Waals surface area contributed by atoms with Crippen LogP contribution in [0.5, 0.6) is 0 Å². The molecule has 26 heavy (non-hydrogen) atoms. The maximum absolute atomic E-state index is 11.0. The summed E-state index contributed by atoms with van der Waals surface area (Å²) in [6.07, 6.45) is 9.49. The van der Waals surface area contributed by atoms with Gasteiger partial charge < -0.3 is 14.5 Å². The van der Waals surface area contributed by atoms with Gasteiger partial charge in [-0.05, 0) is 19.3 Å². The Balaban J connectivity index is 2.09. The number of nitrogens with zero attached hydrogens (tertiary/aromatic N) is 5. The summed E-state index contributed by atoms with van der Waals surface area (Å²) < 4.78 is 5.53. The van der Waals surface area contributed by atoms with Gasteiger partial charge in [0.25, 0.3) is 5.96 Å². The lowest BCUT2D eigenvalue weighted by molar-refractivity contribution is -0.486. The molecule has 0 aromatic heterocycles. The lowest BCUT2D eigenvalue weighted by Crippen LogP contribution is -2.62. The second-order valence-corrected chi connectivity index (χ2v) is 7.49. The first-order valence-electron chi connectivity index (χ1n) is 10.1. The van der Waals surface area contributed by atoms with Crippen molar-refractivity contribution in [2.45, 2.75) is 77.3 Å². The molecule has 8 heteroatoms. The molecule has 0 saturated carbocycles. The van der Waals surface area contributed by atoms with Crippen LogP contribution in [0.2, 0.25) is 0 Å². The molecule has 2 unspecified atom stereocenters. The number of guanidine groups is 1. The Hall–Kier alpha value is -1.41. The van der Waals surface area contributed by atoms with Crippen LogP contribution in [-0.4, -0.2) is 71.4 Å². The van der Waals surface area contributed by atoms with Crippen molar-refractivity contribution in [1.82, 2.24) is 14.7 Å². The van der Waals surface area contributed by atoms with Gasteiger partial charge in [-0.15, -0.1) is 0 Å². The molecule has 2 fully saturated rings. The lowest BCUT2D eigenvalue weighted by atomic mass is 10.0. The van der Waals surface area contributed by atoms with Crippen LogP contribution in [0.1, 0.15) is 65.2 Å². The molecule has 150 valence electrons. The fourth-order valence-corrected chi connectivity index (χ4v) is 3.99. The van der Waals surface area contributed by atoms with Crippen molar-refractivity contribution in [1.29, 1.82) is 0 Å². The molecular weight excluding hydrogens is 334 g/mol. The minimum atomic E-state index is -0.585. The summed E-state index contributed by atoms with van der Waals surface area (Å²) in [5, 5.41) is 14.1. The first-order valence-corrected chi connectivity index (χ1v) is 10.1. The molecule has 2 aliphatic rings. The minimum absolute atomic E-state index is 0.168. The van der Waals surface area contributed by atoms with Crippen LogP contribution in [-0.2, 0) is 4.74 Å². The number of ether oxygens (including phenoxy) is 1. The smallest absolute Gasteiger partial charge is 0.276 e. The predicted molar refractivity (Wildman–Crippen MR) is 102 cm³/mol. The van der Waals surface area contributed by atoms with E-state index in [9.17, 15) is 10.1 Å². The molecule has 0 radical (unpaired) electrons. The van der Waals surface area contributed by atoms with E-state index in [-0.39, 0.29) is 6.04 Å². The van der Waals surface area contributed by atoms with Gasteiger partial charge in [0.15, 0.2) is 5.03 Å². The molecular formula is C18H35N5O3. The van der Waals surface area contributed by atoms with Gasteiger partial charge in [-0.1, -0.05) is 46.0 Å². The van der Waals surface area contributed by atoms with Crippen molar-refractivity contribution in [2.24, 2.45) is 5.10 Å². The SMILES string of the molecule is CCCCCCC(CCC)N1CN(C)C(=N[N+](=O)[O-])N(C2CCOC2)C1. The van der Waals surface area contributed by atoms with Crippen LogP contribution in [0.15, 0.2) is 5.10 Å². The van der Waals surface area contributed by atoms with Crippen LogP contribution >= 0.6 is 0 Å². The summed E-state index contributed by atoms with van der Waals surface area (Å²) >= 11 is 0. The summed E-state index contributed by atoms with van der Waals surface area (Å²) in [7, 11) is 1.90. The number of hydrogen-bond acceptors (Lipinski definition) is 4. The second-order valence-electron chi connectivity index (χ2n) is 7.49. The fraction of sp³-hybridized carbons (Fsp3) is 0.944. The molecule has 2 aliphatic heterocycles. The Labute approximate surface area is 157 Å². The van der Waals surface area contributed by atoms with Crippen LogP contribution in [0.4, 0.5) is 0 Å². The third-order valence-electron chi connectivity index (χ3n) is 5.37. The molecule has 0 aromatic carbocycles. The number of hydrazone groups is 1. The standard InChI is InChI=1S/C18H35N5O3/c1-4-6-7-8-10-16(9-5-2)21-14-20(3)18(19-23(24)25)22(15-21)17-11-12-26-13-17/h16-17H,4-15H2,1-3H3. The average molecular weight is 370 g/mol. The Kier molecular flexibility index (Phi) is 8.58. The molecule has 2 atom stereocenters. The van der Waals surface area contributed by atoms with Gasteiger partial charge in [0.2, 0.25) is 0 Å². The number of rotatable bonds is 10. The van der Waals surface area contributed by atoms with Gasteiger partial charge in [-0.2, -0.15) is 0 Å². The first kappa shape index (κ1) is 20.9. The third-order valence-corrected chi connectivity index (χ3v) is 5.37. The van der Waals surface area contributed by atoms with Crippen molar-refractivity contribution in [3.63, 3.8) is 0 Å². The van der Waals surface area contributed by atoms with Crippen LogP contribution < -0.4 is 0 Å². The number of nitro groups is 1. The van der Waals surface area contributed by atoms with Crippen LogP contribution in [0.3, 0.4) is 0 Å². The van der Waals surface area contributed by atoms with Gasteiger partial charge in [-0.3, -0.25) is 4.90 Å². The molecule has 0 amide bonds. The van der Waals surface area contributed by atoms with E-state index in [0.29, 0.717) is 38.6 Å². The monoisotopic (exact) mass is 369 g/mol. The van der Waals surface area contributed by atoms with E-state index in [0.717, 1.165) is 19.3 Å². The van der Waals surface area contributed by atoms with Crippen molar-refractivity contribution in [3.8, 4) is 0 Å². The molecule has 0 spiro atoms. The predicted octanol–water partition coefficient (Wildman–Crippen LogP) is 2.93. The number of hydrogen-bond donors (Lipinski definition) is 0. The summed E-state index contributed by atoms with van der Waals surface area (Å²) in [4.78, 5) is 17.5. The van der Waals surface area contributed by atoms with Crippen LogP contribution in [0, 0.1) is 10.1 Å². The maximum atomic E-state index is 11.0. The van der Waals surface area contributed by atoms with Crippen molar-refractivity contribution < 1.29 is 9.77 Å². The highest BCUT2D eigenvalue weighted by atomic mass is 16.7. The largest absolute Gasteiger partial charge is 0.379 e.